The SMILES string of the molecule is C=CCS(=O)(=O)C(C)c1cc(N)ccc1N. The van der Waals surface area contributed by atoms with Crippen LogP contribution in [-0.4, -0.2) is 14.2 Å². The minimum Gasteiger partial charge on any atom is -0.399 e. The second kappa shape index (κ2) is 4.57. The predicted molar refractivity (Wildman–Crippen MR) is 67.7 cm³/mol. The van der Waals surface area contributed by atoms with Crippen LogP contribution >= 0.6 is 0 Å². The van der Waals surface area contributed by atoms with Crippen LogP contribution in [0.15, 0.2) is 30.9 Å². The molecule has 5 heteroatoms. The van der Waals surface area contributed by atoms with Crippen molar-refractivity contribution in [2.24, 2.45) is 0 Å². The average molecular weight is 240 g/mol. The van der Waals surface area contributed by atoms with Crippen molar-refractivity contribution in [3.05, 3.63) is 36.4 Å². The minimum absolute atomic E-state index is 0.0671. The van der Waals surface area contributed by atoms with Crippen LogP contribution in [0.1, 0.15) is 17.7 Å². The Labute approximate surface area is 95.9 Å². The molecule has 1 rings (SSSR count). The van der Waals surface area contributed by atoms with Crippen LogP contribution in [-0.2, 0) is 9.84 Å². The summed E-state index contributed by atoms with van der Waals surface area (Å²) in [6, 6.07) is 4.86. The molecule has 0 bridgehead atoms. The number of benzene rings is 1. The van der Waals surface area contributed by atoms with Gasteiger partial charge in [0, 0.05) is 11.4 Å². The molecule has 1 aromatic carbocycles. The molecule has 0 heterocycles. The highest BCUT2D eigenvalue weighted by Gasteiger charge is 2.23. The van der Waals surface area contributed by atoms with Crippen LogP contribution in [0.5, 0.6) is 0 Å². The third kappa shape index (κ3) is 2.55. The minimum atomic E-state index is -3.26. The zero-order valence-electron chi connectivity index (χ0n) is 9.18. The summed E-state index contributed by atoms with van der Waals surface area (Å²) in [5, 5.41) is -0.672. The zero-order valence-corrected chi connectivity index (χ0v) is 10.00. The molecule has 0 amide bonds. The maximum atomic E-state index is 11.8. The molecular formula is C11H16N2O2S. The number of hydrogen-bond acceptors (Lipinski definition) is 4. The van der Waals surface area contributed by atoms with E-state index in [-0.39, 0.29) is 5.75 Å². The van der Waals surface area contributed by atoms with E-state index in [1.807, 2.05) is 0 Å². The Bertz CT molecular complexity index is 495. The second-order valence-electron chi connectivity index (χ2n) is 3.65. The maximum Gasteiger partial charge on any atom is 0.160 e. The van der Waals surface area contributed by atoms with E-state index < -0.39 is 15.1 Å². The van der Waals surface area contributed by atoms with E-state index in [0.29, 0.717) is 16.9 Å². The standard InChI is InChI=1S/C11H16N2O2S/c1-3-6-16(14,15)8(2)10-7-9(12)4-5-11(10)13/h3-5,7-8H,1,6,12-13H2,2H3. The summed E-state index contributed by atoms with van der Waals surface area (Å²) in [5.41, 5.74) is 12.8. The first kappa shape index (κ1) is 12.6. The largest absolute Gasteiger partial charge is 0.399 e. The second-order valence-corrected chi connectivity index (χ2v) is 6.01. The van der Waals surface area contributed by atoms with Crippen molar-refractivity contribution >= 4 is 21.2 Å². The molecule has 1 atom stereocenters. The Morgan fingerprint density at radius 2 is 2.06 bits per heavy atom. The summed E-state index contributed by atoms with van der Waals surface area (Å²) >= 11 is 0. The van der Waals surface area contributed by atoms with Gasteiger partial charge in [0.2, 0.25) is 0 Å². The molecule has 88 valence electrons. The van der Waals surface area contributed by atoms with Crippen molar-refractivity contribution < 1.29 is 8.42 Å². The van der Waals surface area contributed by atoms with Crippen LogP contribution in [0, 0.1) is 0 Å². The topological polar surface area (TPSA) is 86.2 Å². The Morgan fingerprint density at radius 3 is 2.62 bits per heavy atom. The first-order valence-electron chi connectivity index (χ1n) is 4.86. The van der Waals surface area contributed by atoms with Gasteiger partial charge >= 0.3 is 0 Å². The Balaban J connectivity index is 3.19. The summed E-state index contributed by atoms with van der Waals surface area (Å²) in [5.74, 6) is -0.0671. The number of sulfone groups is 1. The van der Waals surface area contributed by atoms with Crippen LogP contribution in [0.3, 0.4) is 0 Å². The zero-order chi connectivity index (χ0) is 12.3. The molecule has 4 N–H and O–H groups in total. The number of rotatable bonds is 4. The first-order valence-corrected chi connectivity index (χ1v) is 6.57. The molecule has 0 fully saturated rings. The molecule has 4 nitrogen and oxygen atoms in total. The molecular weight excluding hydrogens is 224 g/mol. The van der Waals surface area contributed by atoms with Gasteiger partial charge in [-0.15, -0.1) is 6.58 Å². The van der Waals surface area contributed by atoms with Crippen LogP contribution in [0.25, 0.3) is 0 Å². The van der Waals surface area contributed by atoms with Gasteiger partial charge in [0.1, 0.15) is 0 Å². The van der Waals surface area contributed by atoms with E-state index in [0.717, 1.165) is 0 Å². The predicted octanol–water partition coefficient (Wildman–Crippen LogP) is 1.51. The molecule has 0 aliphatic heterocycles. The van der Waals surface area contributed by atoms with Gasteiger partial charge in [0.25, 0.3) is 0 Å². The van der Waals surface area contributed by atoms with E-state index in [1.165, 1.54) is 6.08 Å². The highest BCUT2D eigenvalue weighted by Crippen LogP contribution is 2.29. The lowest BCUT2D eigenvalue weighted by Crippen LogP contribution is -2.14. The Hall–Kier alpha value is -1.49. The number of anilines is 2. The molecule has 16 heavy (non-hydrogen) atoms. The van der Waals surface area contributed by atoms with Crippen molar-refractivity contribution in [1.82, 2.24) is 0 Å². The molecule has 0 aliphatic carbocycles. The van der Waals surface area contributed by atoms with Gasteiger partial charge in [-0.05, 0) is 30.7 Å². The average Bonchev–Trinajstić information content (AvgIpc) is 2.20. The molecule has 1 unspecified atom stereocenters. The van der Waals surface area contributed by atoms with Gasteiger partial charge < -0.3 is 11.5 Å². The van der Waals surface area contributed by atoms with Gasteiger partial charge in [-0.1, -0.05) is 6.08 Å². The van der Waals surface area contributed by atoms with E-state index in [9.17, 15) is 8.42 Å². The Kier molecular flexibility index (Phi) is 3.59. The van der Waals surface area contributed by atoms with Crippen molar-refractivity contribution in [1.29, 1.82) is 0 Å². The summed E-state index contributed by atoms with van der Waals surface area (Å²) in [6.45, 7) is 5.03. The molecule has 0 spiro atoms. The van der Waals surface area contributed by atoms with Gasteiger partial charge in [0.05, 0.1) is 11.0 Å². The molecule has 0 radical (unpaired) electrons. The Morgan fingerprint density at radius 1 is 1.44 bits per heavy atom. The molecule has 0 aliphatic rings. The lowest BCUT2D eigenvalue weighted by Gasteiger charge is -2.14. The monoisotopic (exact) mass is 240 g/mol. The summed E-state index contributed by atoms with van der Waals surface area (Å²) in [7, 11) is -3.26. The van der Waals surface area contributed by atoms with Crippen LogP contribution in [0.2, 0.25) is 0 Å². The van der Waals surface area contributed by atoms with Gasteiger partial charge in [-0.3, -0.25) is 0 Å². The third-order valence-electron chi connectivity index (χ3n) is 2.44. The number of nitrogen functional groups attached to an aromatic ring is 2. The lowest BCUT2D eigenvalue weighted by atomic mass is 10.1. The number of nitrogens with two attached hydrogens (primary N) is 2. The quantitative estimate of drug-likeness (QED) is 0.617. The molecule has 1 aromatic rings. The highest BCUT2D eigenvalue weighted by atomic mass is 32.2. The van der Waals surface area contributed by atoms with E-state index in [4.69, 9.17) is 11.5 Å². The smallest absolute Gasteiger partial charge is 0.160 e. The fraction of sp³-hybridized carbons (Fsp3) is 0.273. The van der Waals surface area contributed by atoms with Gasteiger partial charge in [-0.2, -0.15) is 0 Å². The molecule has 0 aromatic heterocycles. The van der Waals surface area contributed by atoms with Crippen molar-refractivity contribution in [2.45, 2.75) is 12.2 Å². The van der Waals surface area contributed by atoms with Crippen molar-refractivity contribution in [3.8, 4) is 0 Å². The van der Waals surface area contributed by atoms with Crippen LogP contribution in [0.4, 0.5) is 11.4 Å². The highest BCUT2D eigenvalue weighted by molar-refractivity contribution is 7.91. The van der Waals surface area contributed by atoms with E-state index in [2.05, 4.69) is 6.58 Å². The van der Waals surface area contributed by atoms with E-state index in [1.54, 1.807) is 25.1 Å². The maximum absolute atomic E-state index is 11.8. The lowest BCUT2D eigenvalue weighted by molar-refractivity contribution is 0.589. The first-order chi connectivity index (χ1) is 7.38. The van der Waals surface area contributed by atoms with Gasteiger partial charge in [-0.25, -0.2) is 8.42 Å². The number of hydrogen-bond donors (Lipinski definition) is 2. The fourth-order valence-corrected chi connectivity index (χ4v) is 2.66. The normalized spacial score (nSPS) is 13.3. The summed E-state index contributed by atoms with van der Waals surface area (Å²) in [4.78, 5) is 0. The molecule has 0 saturated carbocycles. The van der Waals surface area contributed by atoms with Crippen molar-refractivity contribution in [3.63, 3.8) is 0 Å². The van der Waals surface area contributed by atoms with Gasteiger partial charge in [0.15, 0.2) is 9.84 Å². The summed E-state index contributed by atoms with van der Waals surface area (Å²) in [6.07, 6.45) is 1.37. The fourth-order valence-electron chi connectivity index (χ4n) is 1.45. The summed E-state index contributed by atoms with van der Waals surface area (Å²) < 4.78 is 23.7. The third-order valence-corrected chi connectivity index (χ3v) is 4.47. The van der Waals surface area contributed by atoms with Crippen molar-refractivity contribution in [2.75, 3.05) is 17.2 Å². The van der Waals surface area contributed by atoms with Crippen LogP contribution < -0.4 is 11.5 Å². The van der Waals surface area contributed by atoms with E-state index >= 15 is 0 Å². The molecule has 0 saturated heterocycles.